The van der Waals surface area contributed by atoms with Crippen molar-refractivity contribution in [3.05, 3.63) is 0 Å². The highest BCUT2D eigenvalue weighted by Crippen LogP contribution is 2.21. The maximum atomic E-state index is 12.3. The van der Waals surface area contributed by atoms with Gasteiger partial charge in [0.05, 0.1) is 18.2 Å². The van der Waals surface area contributed by atoms with E-state index in [0.717, 1.165) is 0 Å². The predicted octanol–water partition coefficient (Wildman–Crippen LogP) is -2.19. The van der Waals surface area contributed by atoms with Crippen LogP contribution < -0.4 is 11.1 Å². The number of hydrogen-bond donors (Lipinski definition) is 3. The number of likely N-dealkylation sites (tertiary alicyclic amines) is 1. The first kappa shape index (κ1) is 13.3. The zero-order valence-electron chi connectivity index (χ0n) is 10.3. The minimum absolute atomic E-state index is 0.0125. The van der Waals surface area contributed by atoms with Gasteiger partial charge in [-0.05, 0) is 6.42 Å². The minimum atomic E-state index is -0.698. The lowest BCUT2D eigenvalue weighted by atomic mass is 10.1. The number of aliphatic hydroxyl groups excluding tert-OH is 1. The van der Waals surface area contributed by atoms with Gasteiger partial charge in [0.2, 0.25) is 11.8 Å². The third-order valence-corrected chi connectivity index (χ3v) is 3.61. The number of primary amides is 1. The lowest BCUT2D eigenvalue weighted by Crippen LogP contribution is -2.50. The van der Waals surface area contributed by atoms with Crippen LogP contribution in [0.3, 0.4) is 0 Å². The molecule has 4 atom stereocenters. The molecule has 0 radical (unpaired) electrons. The second-order valence-electron chi connectivity index (χ2n) is 4.85. The summed E-state index contributed by atoms with van der Waals surface area (Å²) in [6.07, 6.45) is 0.138. The summed E-state index contributed by atoms with van der Waals surface area (Å²) < 4.78 is 5.18. The van der Waals surface area contributed by atoms with Crippen LogP contribution in [0, 0.1) is 0 Å². The molecular weight excluding hydrogens is 238 g/mol. The van der Waals surface area contributed by atoms with Crippen LogP contribution in [-0.4, -0.2) is 66.3 Å². The van der Waals surface area contributed by atoms with E-state index in [2.05, 4.69) is 5.32 Å². The highest BCUT2D eigenvalue weighted by atomic mass is 16.5. The maximum Gasteiger partial charge on any atom is 0.240 e. The summed E-state index contributed by atoms with van der Waals surface area (Å²) in [7, 11) is 1.60. The van der Waals surface area contributed by atoms with Crippen molar-refractivity contribution in [1.82, 2.24) is 10.2 Å². The molecule has 7 nitrogen and oxygen atoms in total. The summed E-state index contributed by atoms with van der Waals surface area (Å²) in [5.74, 6) is -0.754. The number of methoxy groups -OCH3 is 1. The number of hydrogen-bond acceptors (Lipinski definition) is 5. The van der Waals surface area contributed by atoms with Gasteiger partial charge in [-0.15, -0.1) is 0 Å². The number of carbonyl (C=O) groups excluding carboxylic acids is 2. The standard InChI is InChI=1S/C11H19N3O4/c1-18-7-3-8(13-4-7)11(17)14-5-6(15)2-9(14)10(12)16/h6-9,13,15H,2-5H2,1H3,(H2,12,16). The number of carbonyl (C=O) groups is 2. The van der Waals surface area contributed by atoms with Crippen molar-refractivity contribution in [1.29, 1.82) is 0 Å². The molecule has 102 valence electrons. The first-order valence-corrected chi connectivity index (χ1v) is 6.07. The lowest BCUT2D eigenvalue weighted by molar-refractivity contribution is -0.139. The van der Waals surface area contributed by atoms with Crippen LogP contribution in [0.15, 0.2) is 0 Å². The topological polar surface area (TPSA) is 105 Å². The highest BCUT2D eigenvalue weighted by Gasteiger charge is 2.41. The molecule has 2 saturated heterocycles. The summed E-state index contributed by atoms with van der Waals surface area (Å²) in [5.41, 5.74) is 5.25. The molecule has 7 heteroatoms. The second-order valence-corrected chi connectivity index (χ2v) is 4.85. The van der Waals surface area contributed by atoms with Gasteiger partial charge in [0.1, 0.15) is 6.04 Å². The number of ether oxygens (including phenoxy) is 1. The van der Waals surface area contributed by atoms with Gasteiger partial charge in [0.15, 0.2) is 0 Å². The molecule has 2 aliphatic heterocycles. The zero-order valence-corrected chi connectivity index (χ0v) is 10.3. The minimum Gasteiger partial charge on any atom is -0.391 e. The van der Waals surface area contributed by atoms with Gasteiger partial charge in [-0.2, -0.15) is 0 Å². The molecule has 0 aromatic carbocycles. The van der Waals surface area contributed by atoms with E-state index in [4.69, 9.17) is 10.5 Å². The Bertz CT molecular complexity index is 349. The van der Waals surface area contributed by atoms with Crippen molar-refractivity contribution >= 4 is 11.8 Å². The summed E-state index contributed by atoms with van der Waals surface area (Å²) in [4.78, 5) is 24.9. The van der Waals surface area contributed by atoms with Crippen molar-refractivity contribution in [2.75, 3.05) is 20.2 Å². The van der Waals surface area contributed by atoms with E-state index in [1.807, 2.05) is 0 Å². The maximum absolute atomic E-state index is 12.3. The first-order valence-electron chi connectivity index (χ1n) is 6.07. The highest BCUT2D eigenvalue weighted by molar-refractivity contribution is 5.90. The molecule has 0 aromatic rings. The summed E-state index contributed by atoms with van der Waals surface area (Å²) in [5, 5.41) is 12.6. The van der Waals surface area contributed by atoms with Crippen LogP contribution in [0.25, 0.3) is 0 Å². The molecule has 0 saturated carbocycles. The first-order chi connectivity index (χ1) is 8.52. The molecule has 4 unspecified atom stereocenters. The number of aliphatic hydroxyl groups is 1. The Balaban J connectivity index is 2.02. The fourth-order valence-corrected chi connectivity index (χ4v) is 2.60. The number of rotatable bonds is 3. The largest absolute Gasteiger partial charge is 0.391 e. The fourth-order valence-electron chi connectivity index (χ4n) is 2.60. The van der Waals surface area contributed by atoms with Gasteiger partial charge in [0, 0.05) is 26.6 Å². The van der Waals surface area contributed by atoms with Crippen molar-refractivity contribution in [2.24, 2.45) is 5.73 Å². The Kier molecular flexibility index (Phi) is 3.84. The predicted molar refractivity (Wildman–Crippen MR) is 62.5 cm³/mol. The van der Waals surface area contributed by atoms with Gasteiger partial charge in [-0.3, -0.25) is 9.59 Å². The Hall–Kier alpha value is -1.18. The number of nitrogens with one attached hydrogen (secondary N) is 1. The molecule has 2 heterocycles. The van der Waals surface area contributed by atoms with Crippen molar-refractivity contribution in [2.45, 2.75) is 37.1 Å². The number of amides is 2. The van der Waals surface area contributed by atoms with E-state index < -0.39 is 18.1 Å². The van der Waals surface area contributed by atoms with Crippen LogP contribution in [0.5, 0.6) is 0 Å². The van der Waals surface area contributed by atoms with Gasteiger partial charge in [-0.25, -0.2) is 0 Å². The molecule has 0 bridgehead atoms. The van der Waals surface area contributed by atoms with Crippen LogP contribution >= 0.6 is 0 Å². The van der Waals surface area contributed by atoms with E-state index in [1.54, 1.807) is 7.11 Å². The van der Waals surface area contributed by atoms with Crippen LogP contribution in [0.4, 0.5) is 0 Å². The van der Waals surface area contributed by atoms with Gasteiger partial charge < -0.3 is 25.8 Å². The quantitative estimate of drug-likeness (QED) is 0.532. The molecular formula is C11H19N3O4. The molecule has 0 aromatic heterocycles. The van der Waals surface area contributed by atoms with E-state index in [0.29, 0.717) is 13.0 Å². The molecule has 18 heavy (non-hydrogen) atoms. The number of β-amino-alcohol motifs (C(OH)–C–C–N with tert-alkyl or cyclic N) is 1. The fraction of sp³-hybridized carbons (Fsp3) is 0.818. The van der Waals surface area contributed by atoms with Crippen molar-refractivity contribution < 1.29 is 19.4 Å². The Morgan fingerprint density at radius 1 is 1.44 bits per heavy atom. The van der Waals surface area contributed by atoms with Crippen molar-refractivity contribution in [3.8, 4) is 0 Å². The molecule has 0 spiro atoms. The zero-order chi connectivity index (χ0) is 13.3. The number of nitrogens with zero attached hydrogens (tertiary/aromatic N) is 1. The van der Waals surface area contributed by atoms with Crippen LogP contribution in [0.2, 0.25) is 0 Å². The Labute approximate surface area is 105 Å². The summed E-state index contributed by atoms with van der Waals surface area (Å²) >= 11 is 0. The molecule has 2 fully saturated rings. The second kappa shape index (κ2) is 5.21. The average Bonchev–Trinajstić information content (AvgIpc) is 2.94. The van der Waals surface area contributed by atoms with E-state index in [9.17, 15) is 14.7 Å². The Morgan fingerprint density at radius 3 is 2.72 bits per heavy atom. The summed E-state index contributed by atoms with van der Waals surface area (Å²) in [6, 6.07) is -1.06. The summed E-state index contributed by atoms with van der Waals surface area (Å²) in [6.45, 7) is 0.785. The van der Waals surface area contributed by atoms with Gasteiger partial charge >= 0.3 is 0 Å². The smallest absolute Gasteiger partial charge is 0.240 e. The monoisotopic (exact) mass is 257 g/mol. The van der Waals surface area contributed by atoms with E-state index >= 15 is 0 Å². The van der Waals surface area contributed by atoms with E-state index in [1.165, 1.54) is 4.90 Å². The van der Waals surface area contributed by atoms with Crippen molar-refractivity contribution in [3.63, 3.8) is 0 Å². The molecule has 2 amide bonds. The Morgan fingerprint density at radius 2 is 2.17 bits per heavy atom. The molecule has 2 aliphatic rings. The van der Waals surface area contributed by atoms with Crippen LogP contribution in [0.1, 0.15) is 12.8 Å². The SMILES string of the molecule is COC1CNC(C(=O)N2CC(O)CC2C(N)=O)C1. The average molecular weight is 257 g/mol. The van der Waals surface area contributed by atoms with Crippen LogP contribution in [-0.2, 0) is 14.3 Å². The van der Waals surface area contributed by atoms with Gasteiger partial charge in [-0.1, -0.05) is 0 Å². The third kappa shape index (κ3) is 2.47. The van der Waals surface area contributed by atoms with Gasteiger partial charge in [0.25, 0.3) is 0 Å². The molecule has 4 N–H and O–H groups in total. The number of nitrogens with two attached hydrogens (primary N) is 1. The third-order valence-electron chi connectivity index (χ3n) is 3.61. The lowest BCUT2D eigenvalue weighted by Gasteiger charge is -2.25. The van der Waals surface area contributed by atoms with E-state index in [-0.39, 0.29) is 31.0 Å². The molecule has 0 aliphatic carbocycles. The normalized spacial score (nSPS) is 36.0. The molecule has 2 rings (SSSR count).